The van der Waals surface area contributed by atoms with Gasteiger partial charge in [0, 0.05) is 7.11 Å². The topological polar surface area (TPSA) is 63.7 Å². The second-order valence-electron chi connectivity index (χ2n) is 4.60. The number of hydrogen-bond acceptors (Lipinski definition) is 4. The molecule has 2 rings (SSSR count). The third-order valence-electron chi connectivity index (χ3n) is 3.30. The fourth-order valence-electron chi connectivity index (χ4n) is 2.21. The largest absolute Gasteiger partial charge is 0.377 e. The van der Waals surface area contributed by atoms with Crippen molar-refractivity contribution < 1.29 is 19.1 Å². The Balaban J connectivity index is 2.43. The molecule has 19 heavy (non-hydrogen) atoms. The molecule has 1 aliphatic heterocycles. The van der Waals surface area contributed by atoms with E-state index in [1.54, 1.807) is 12.1 Å². The number of ketones is 2. The number of benzene rings is 1. The normalized spacial score (nSPS) is 13.9. The van der Waals surface area contributed by atoms with Crippen LogP contribution in [0.3, 0.4) is 0 Å². The van der Waals surface area contributed by atoms with Gasteiger partial charge in [-0.2, -0.15) is 0 Å². The van der Waals surface area contributed by atoms with Crippen molar-refractivity contribution in [2.24, 2.45) is 0 Å². The van der Waals surface area contributed by atoms with Crippen molar-refractivity contribution in [2.45, 2.75) is 13.8 Å². The minimum atomic E-state index is -0.645. The van der Waals surface area contributed by atoms with Gasteiger partial charge in [-0.15, -0.1) is 0 Å². The van der Waals surface area contributed by atoms with E-state index in [1.165, 1.54) is 12.0 Å². The molecule has 0 radical (unpaired) electrons. The molecule has 0 saturated heterocycles. The summed E-state index contributed by atoms with van der Waals surface area (Å²) in [5.41, 5.74) is 2.75. The van der Waals surface area contributed by atoms with E-state index in [2.05, 4.69) is 0 Å². The predicted molar refractivity (Wildman–Crippen MR) is 69.5 cm³/mol. The second-order valence-corrected chi connectivity index (χ2v) is 4.60. The zero-order chi connectivity index (χ0) is 14.2. The van der Waals surface area contributed by atoms with Gasteiger partial charge < -0.3 is 4.74 Å². The van der Waals surface area contributed by atoms with Crippen LogP contribution in [0.4, 0.5) is 5.69 Å². The molecule has 1 amide bonds. The maximum atomic E-state index is 11.9. The Morgan fingerprint density at radius 3 is 2.58 bits per heavy atom. The number of amides is 1. The molecule has 0 saturated carbocycles. The molecular formula is C14H15NO4. The average molecular weight is 261 g/mol. The highest BCUT2D eigenvalue weighted by molar-refractivity contribution is 6.52. The van der Waals surface area contributed by atoms with Gasteiger partial charge >= 0.3 is 0 Å². The van der Waals surface area contributed by atoms with Crippen LogP contribution in [0, 0.1) is 13.8 Å². The summed E-state index contributed by atoms with van der Waals surface area (Å²) in [6, 6.07) is 3.44. The van der Waals surface area contributed by atoms with E-state index in [0.717, 1.165) is 11.1 Å². The highest BCUT2D eigenvalue weighted by atomic mass is 16.5. The van der Waals surface area contributed by atoms with Gasteiger partial charge in [-0.05, 0) is 31.0 Å². The molecule has 0 spiro atoms. The Kier molecular flexibility index (Phi) is 3.48. The molecule has 1 aromatic rings. The highest BCUT2D eigenvalue weighted by Crippen LogP contribution is 2.33. The Hall–Kier alpha value is -2.01. The van der Waals surface area contributed by atoms with Crippen molar-refractivity contribution in [1.29, 1.82) is 0 Å². The summed E-state index contributed by atoms with van der Waals surface area (Å²) >= 11 is 0. The minimum Gasteiger partial charge on any atom is -0.377 e. The summed E-state index contributed by atoms with van der Waals surface area (Å²) in [5.74, 6) is -1.44. The number of methoxy groups -OCH3 is 1. The maximum absolute atomic E-state index is 11.9. The van der Waals surface area contributed by atoms with Crippen LogP contribution in [0.5, 0.6) is 0 Å². The van der Waals surface area contributed by atoms with E-state index in [4.69, 9.17) is 4.74 Å². The van der Waals surface area contributed by atoms with E-state index in [0.29, 0.717) is 11.3 Å². The quantitative estimate of drug-likeness (QED) is 0.760. The van der Waals surface area contributed by atoms with Crippen LogP contribution in [0.15, 0.2) is 12.1 Å². The number of carbonyl (C=O) groups is 3. The van der Waals surface area contributed by atoms with Crippen molar-refractivity contribution in [1.82, 2.24) is 0 Å². The summed E-state index contributed by atoms with van der Waals surface area (Å²) in [4.78, 5) is 36.7. The van der Waals surface area contributed by atoms with Gasteiger partial charge in [-0.3, -0.25) is 19.3 Å². The van der Waals surface area contributed by atoms with Gasteiger partial charge in [0.1, 0.15) is 6.61 Å². The van der Waals surface area contributed by atoms with Crippen LogP contribution < -0.4 is 4.90 Å². The number of nitrogens with zero attached hydrogens (tertiary/aromatic N) is 1. The van der Waals surface area contributed by atoms with E-state index in [1.807, 2.05) is 13.8 Å². The molecule has 5 heteroatoms. The molecule has 0 aromatic heterocycles. The molecule has 0 N–H and O–H groups in total. The predicted octanol–water partition coefficient (Wildman–Crippen LogP) is 1.05. The molecule has 1 aliphatic rings. The van der Waals surface area contributed by atoms with Crippen molar-refractivity contribution in [3.05, 3.63) is 28.8 Å². The first-order valence-corrected chi connectivity index (χ1v) is 5.94. The first-order chi connectivity index (χ1) is 8.97. The first kappa shape index (κ1) is 13.4. The molecular weight excluding hydrogens is 246 g/mol. The standard InChI is InChI=1S/C14H15NO4/c1-8-4-5-11-12(9(8)2)15(14(18)13(11)17)6-10(16)7-19-3/h4-5H,6-7H2,1-3H3. The lowest BCUT2D eigenvalue weighted by molar-refractivity contribution is -0.123. The smallest absolute Gasteiger partial charge is 0.299 e. The number of aryl methyl sites for hydroxylation is 1. The van der Waals surface area contributed by atoms with Crippen molar-refractivity contribution in [3.8, 4) is 0 Å². The fourth-order valence-corrected chi connectivity index (χ4v) is 2.21. The summed E-state index contributed by atoms with van der Waals surface area (Å²) in [6.07, 6.45) is 0. The zero-order valence-corrected chi connectivity index (χ0v) is 11.1. The van der Waals surface area contributed by atoms with Crippen LogP contribution in [0.1, 0.15) is 21.5 Å². The minimum absolute atomic E-state index is 0.0713. The first-order valence-electron chi connectivity index (χ1n) is 5.94. The highest BCUT2D eigenvalue weighted by Gasteiger charge is 2.37. The third kappa shape index (κ3) is 2.17. The molecule has 0 aliphatic carbocycles. The van der Waals surface area contributed by atoms with Gasteiger partial charge in [0.25, 0.3) is 11.7 Å². The summed E-state index contributed by atoms with van der Waals surface area (Å²) in [7, 11) is 1.41. The SMILES string of the molecule is COCC(=O)CN1C(=O)C(=O)c2ccc(C)c(C)c21. The molecule has 1 aromatic carbocycles. The third-order valence-corrected chi connectivity index (χ3v) is 3.30. The second kappa shape index (κ2) is 4.93. The average Bonchev–Trinajstić information content (AvgIpc) is 2.60. The number of rotatable bonds is 4. The molecule has 100 valence electrons. The van der Waals surface area contributed by atoms with Crippen molar-refractivity contribution >= 4 is 23.2 Å². The van der Waals surface area contributed by atoms with E-state index in [-0.39, 0.29) is 18.9 Å². The van der Waals surface area contributed by atoms with Crippen molar-refractivity contribution in [2.75, 3.05) is 25.2 Å². The molecule has 0 bridgehead atoms. The zero-order valence-electron chi connectivity index (χ0n) is 11.1. The van der Waals surface area contributed by atoms with Crippen LogP contribution in [0.25, 0.3) is 0 Å². The molecule has 5 nitrogen and oxygen atoms in total. The number of fused-ring (bicyclic) bond motifs is 1. The summed E-state index contributed by atoms with van der Waals surface area (Å²) in [6.45, 7) is 3.54. The van der Waals surface area contributed by atoms with E-state index >= 15 is 0 Å². The fraction of sp³-hybridized carbons (Fsp3) is 0.357. The Labute approximate surface area is 111 Å². The van der Waals surface area contributed by atoms with Gasteiger partial charge in [0.05, 0.1) is 17.8 Å². The number of anilines is 1. The monoisotopic (exact) mass is 261 g/mol. The lowest BCUT2D eigenvalue weighted by Gasteiger charge is -2.18. The van der Waals surface area contributed by atoms with Crippen LogP contribution in [0.2, 0.25) is 0 Å². The molecule has 0 unspecified atom stereocenters. The molecule has 1 heterocycles. The summed E-state index contributed by atoms with van der Waals surface area (Å²) in [5, 5.41) is 0. The lowest BCUT2D eigenvalue weighted by atomic mass is 10.0. The molecule has 0 atom stereocenters. The van der Waals surface area contributed by atoms with Crippen LogP contribution in [-0.4, -0.2) is 37.7 Å². The van der Waals surface area contributed by atoms with Gasteiger partial charge in [0.15, 0.2) is 5.78 Å². The van der Waals surface area contributed by atoms with Gasteiger partial charge in [0.2, 0.25) is 0 Å². The van der Waals surface area contributed by atoms with Crippen molar-refractivity contribution in [3.63, 3.8) is 0 Å². The molecule has 0 fully saturated rings. The number of ether oxygens (including phenoxy) is 1. The summed E-state index contributed by atoms with van der Waals surface area (Å²) < 4.78 is 4.75. The Morgan fingerprint density at radius 1 is 1.26 bits per heavy atom. The lowest BCUT2D eigenvalue weighted by Crippen LogP contribution is -2.36. The van der Waals surface area contributed by atoms with E-state index < -0.39 is 11.7 Å². The van der Waals surface area contributed by atoms with E-state index in [9.17, 15) is 14.4 Å². The maximum Gasteiger partial charge on any atom is 0.299 e. The van der Waals surface area contributed by atoms with Crippen LogP contribution >= 0.6 is 0 Å². The van der Waals surface area contributed by atoms with Crippen LogP contribution in [-0.2, 0) is 14.3 Å². The van der Waals surface area contributed by atoms with Gasteiger partial charge in [-0.25, -0.2) is 0 Å². The Morgan fingerprint density at radius 2 is 1.95 bits per heavy atom. The number of Topliss-reactive ketones (excluding diaryl/α,β-unsaturated/α-hetero) is 2. The van der Waals surface area contributed by atoms with Gasteiger partial charge in [-0.1, -0.05) is 6.07 Å². The number of carbonyl (C=O) groups excluding carboxylic acids is 3. The Bertz CT molecular complexity index is 577. The number of hydrogen-bond donors (Lipinski definition) is 0.